The van der Waals surface area contributed by atoms with E-state index in [1.54, 1.807) is 43.5 Å². The van der Waals surface area contributed by atoms with Crippen LogP contribution in [0.1, 0.15) is 42.1 Å². The van der Waals surface area contributed by atoms with Crippen LogP contribution in [0, 0.1) is 0 Å². The molecule has 0 bridgehead atoms. The van der Waals surface area contributed by atoms with E-state index < -0.39 is 5.91 Å². The number of hydrogen-bond donors (Lipinski definition) is 3. The molecule has 2 aromatic rings. The molecule has 2 heterocycles. The van der Waals surface area contributed by atoms with Gasteiger partial charge in [-0.15, -0.1) is 0 Å². The van der Waals surface area contributed by atoms with Gasteiger partial charge >= 0.3 is 5.97 Å². The van der Waals surface area contributed by atoms with Crippen molar-refractivity contribution in [1.29, 1.82) is 0 Å². The fourth-order valence-corrected chi connectivity index (χ4v) is 3.21. The first-order chi connectivity index (χ1) is 15.5. The van der Waals surface area contributed by atoms with Gasteiger partial charge in [-0.1, -0.05) is 12.1 Å². The minimum Gasteiger partial charge on any atom is -0.466 e. The number of amidine groups is 1. The van der Waals surface area contributed by atoms with E-state index in [9.17, 15) is 14.4 Å². The standard InChI is InChI=1S/C23H27N5O4/c1-2-32-21(30)11-10-16-7-4-13-25-22(16)28-20(29)15-26-23(31)17-6-3-8-18(14-17)27-19-9-5-12-24-19/h3-4,6-8,13-14H,2,5,9-12,15H2,1H3,(H,24,27)(H,26,31)(H,25,28,29). The van der Waals surface area contributed by atoms with Gasteiger partial charge in [0.2, 0.25) is 5.91 Å². The maximum atomic E-state index is 12.5. The van der Waals surface area contributed by atoms with E-state index in [-0.39, 0.29) is 24.8 Å². The van der Waals surface area contributed by atoms with Gasteiger partial charge in [-0.05, 0) is 49.6 Å². The molecule has 0 aliphatic carbocycles. The number of aromatic nitrogens is 1. The van der Waals surface area contributed by atoms with Crippen molar-refractivity contribution >= 4 is 35.1 Å². The number of amides is 2. The van der Waals surface area contributed by atoms with Gasteiger partial charge in [0.05, 0.1) is 13.2 Å². The van der Waals surface area contributed by atoms with Crippen LogP contribution in [0.3, 0.4) is 0 Å². The molecule has 3 N–H and O–H groups in total. The SMILES string of the molecule is CCOC(=O)CCc1cccnc1NC(=O)CNC(=O)c1cccc(NC2=NCCC2)c1. The Balaban J connectivity index is 1.52. The Labute approximate surface area is 186 Å². The number of anilines is 2. The van der Waals surface area contributed by atoms with Crippen molar-refractivity contribution in [3.8, 4) is 0 Å². The summed E-state index contributed by atoms with van der Waals surface area (Å²) in [5, 5.41) is 8.52. The van der Waals surface area contributed by atoms with Gasteiger partial charge in [-0.3, -0.25) is 19.4 Å². The van der Waals surface area contributed by atoms with Crippen molar-refractivity contribution in [3.63, 3.8) is 0 Å². The van der Waals surface area contributed by atoms with E-state index in [1.807, 2.05) is 6.07 Å². The summed E-state index contributed by atoms with van der Waals surface area (Å²) in [4.78, 5) is 45.0. The molecular weight excluding hydrogens is 410 g/mol. The first-order valence-corrected chi connectivity index (χ1v) is 10.6. The first kappa shape index (κ1) is 22.9. The van der Waals surface area contributed by atoms with Gasteiger partial charge in [0.25, 0.3) is 5.91 Å². The molecule has 2 amide bonds. The molecule has 0 spiro atoms. The monoisotopic (exact) mass is 437 g/mol. The predicted octanol–water partition coefficient (Wildman–Crippen LogP) is 2.55. The Morgan fingerprint density at radius 2 is 2.03 bits per heavy atom. The summed E-state index contributed by atoms with van der Waals surface area (Å²) in [6.07, 6.45) is 4.05. The third kappa shape index (κ3) is 6.90. The number of aryl methyl sites for hydroxylation is 1. The number of aliphatic imine (C=N–C) groups is 1. The maximum absolute atomic E-state index is 12.5. The van der Waals surface area contributed by atoms with Crippen molar-refractivity contribution in [2.24, 2.45) is 4.99 Å². The number of hydrogen-bond acceptors (Lipinski definition) is 7. The van der Waals surface area contributed by atoms with Crippen LogP contribution >= 0.6 is 0 Å². The normalized spacial score (nSPS) is 12.6. The van der Waals surface area contributed by atoms with E-state index >= 15 is 0 Å². The van der Waals surface area contributed by atoms with Gasteiger partial charge in [0.1, 0.15) is 11.7 Å². The number of esters is 1. The summed E-state index contributed by atoms with van der Waals surface area (Å²) in [6.45, 7) is 2.68. The van der Waals surface area contributed by atoms with Crippen LogP contribution in [0.2, 0.25) is 0 Å². The number of ether oxygens (including phenoxy) is 1. The third-order valence-corrected chi connectivity index (χ3v) is 4.75. The van der Waals surface area contributed by atoms with E-state index in [0.717, 1.165) is 30.9 Å². The second-order valence-corrected chi connectivity index (χ2v) is 7.18. The Morgan fingerprint density at radius 1 is 1.16 bits per heavy atom. The molecule has 1 aliphatic rings. The topological polar surface area (TPSA) is 122 Å². The lowest BCUT2D eigenvalue weighted by Gasteiger charge is -2.11. The summed E-state index contributed by atoms with van der Waals surface area (Å²) < 4.78 is 4.93. The molecule has 9 heteroatoms. The first-order valence-electron chi connectivity index (χ1n) is 10.6. The van der Waals surface area contributed by atoms with E-state index in [4.69, 9.17) is 4.74 Å². The molecule has 9 nitrogen and oxygen atoms in total. The van der Waals surface area contributed by atoms with Gasteiger partial charge in [0.15, 0.2) is 0 Å². The zero-order valence-corrected chi connectivity index (χ0v) is 18.0. The Kier molecular flexibility index (Phi) is 8.30. The quantitative estimate of drug-likeness (QED) is 0.518. The molecule has 1 aliphatic heterocycles. The van der Waals surface area contributed by atoms with Gasteiger partial charge in [-0.2, -0.15) is 0 Å². The third-order valence-electron chi connectivity index (χ3n) is 4.75. The molecule has 0 radical (unpaired) electrons. The molecule has 0 saturated heterocycles. The summed E-state index contributed by atoms with van der Waals surface area (Å²) in [5.74, 6) is 0.193. The number of carbonyl (C=O) groups is 3. The lowest BCUT2D eigenvalue weighted by atomic mass is 10.1. The van der Waals surface area contributed by atoms with Crippen molar-refractivity contribution in [2.45, 2.75) is 32.6 Å². The number of carbonyl (C=O) groups excluding carboxylic acids is 3. The predicted molar refractivity (Wildman–Crippen MR) is 122 cm³/mol. The van der Waals surface area contributed by atoms with Crippen LogP contribution in [0.4, 0.5) is 11.5 Å². The molecule has 32 heavy (non-hydrogen) atoms. The lowest BCUT2D eigenvalue weighted by molar-refractivity contribution is -0.143. The molecule has 1 aromatic carbocycles. The highest BCUT2D eigenvalue weighted by Gasteiger charge is 2.13. The van der Waals surface area contributed by atoms with Crippen LogP contribution in [0.15, 0.2) is 47.6 Å². The van der Waals surface area contributed by atoms with Crippen LogP contribution in [0.5, 0.6) is 0 Å². The minimum absolute atomic E-state index is 0.190. The second kappa shape index (κ2) is 11.6. The lowest BCUT2D eigenvalue weighted by Crippen LogP contribution is -2.33. The van der Waals surface area contributed by atoms with Gasteiger partial charge in [-0.25, -0.2) is 4.98 Å². The van der Waals surface area contributed by atoms with Crippen molar-refractivity contribution < 1.29 is 19.1 Å². The summed E-state index contributed by atoms with van der Waals surface area (Å²) >= 11 is 0. The highest BCUT2D eigenvalue weighted by Crippen LogP contribution is 2.15. The largest absolute Gasteiger partial charge is 0.466 e. The van der Waals surface area contributed by atoms with E-state index in [2.05, 4.69) is 25.9 Å². The summed E-state index contributed by atoms with van der Waals surface area (Å²) in [5.41, 5.74) is 1.94. The molecular formula is C23H27N5O4. The molecule has 3 rings (SSSR count). The van der Waals surface area contributed by atoms with Crippen LogP contribution < -0.4 is 16.0 Å². The van der Waals surface area contributed by atoms with E-state index in [0.29, 0.717) is 30.0 Å². The van der Waals surface area contributed by atoms with Gasteiger partial charge < -0.3 is 20.7 Å². The molecule has 0 saturated carbocycles. The molecule has 0 atom stereocenters. The Morgan fingerprint density at radius 3 is 2.81 bits per heavy atom. The van der Waals surface area contributed by atoms with Crippen molar-refractivity contribution in [2.75, 3.05) is 30.3 Å². The highest BCUT2D eigenvalue weighted by molar-refractivity contribution is 6.01. The maximum Gasteiger partial charge on any atom is 0.306 e. The summed E-state index contributed by atoms with van der Waals surface area (Å²) in [7, 11) is 0. The Bertz CT molecular complexity index is 1010. The van der Waals surface area contributed by atoms with Gasteiger partial charge in [0, 0.05) is 36.8 Å². The van der Waals surface area contributed by atoms with Crippen molar-refractivity contribution in [3.05, 3.63) is 53.7 Å². The highest BCUT2D eigenvalue weighted by atomic mass is 16.5. The van der Waals surface area contributed by atoms with Crippen molar-refractivity contribution in [1.82, 2.24) is 10.3 Å². The zero-order valence-electron chi connectivity index (χ0n) is 18.0. The second-order valence-electron chi connectivity index (χ2n) is 7.18. The average Bonchev–Trinajstić information content (AvgIpc) is 3.30. The molecule has 168 valence electrons. The number of nitrogens with one attached hydrogen (secondary N) is 3. The number of nitrogens with zero attached hydrogens (tertiary/aromatic N) is 2. The smallest absolute Gasteiger partial charge is 0.306 e. The van der Waals surface area contributed by atoms with E-state index in [1.165, 1.54) is 0 Å². The summed E-state index contributed by atoms with van der Waals surface area (Å²) in [6, 6.07) is 10.6. The zero-order chi connectivity index (χ0) is 22.8. The van der Waals surface area contributed by atoms with Crippen LogP contribution in [0.25, 0.3) is 0 Å². The van der Waals surface area contributed by atoms with Crippen LogP contribution in [-0.2, 0) is 20.7 Å². The number of benzene rings is 1. The average molecular weight is 438 g/mol. The number of rotatable bonds is 9. The minimum atomic E-state index is -0.413. The molecule has 0 fully saturated rings. The van der Waals surface area contributed by atoms with Crippen LogP contribution in [-0.4, -0.2) is 48.3 Å². The Hall–Kier alpha value is -3.75. The number of pyridine rings is 1. The fraction of sp³-hybridized carbons (Fsp3) is 0.348. The molecule has 1 aromatic heterocycles. The molecule has 0 unspecified atom stereocenters. The fourth-order valence-electron chi connectivity index (χ4n) is 3.21.